The van der Waals surface area contributed by atoms with Gasteiger partial charge in [-0.25, -0.2) is 13.2 Å². The van der Waals surface area contributed by atoms with Crippen LogP contribution in [0, 0.1) is 5.92 Å². The van der Waals surface area contributed by atoms with E-state index >= 15 is 0 Å². The molecule has 0 aromatic heterocycles. The second-order valence-electron chi connectivity index (χ2n) is 14.9. The summed E-state index contributed by atoms with van der Waals surface area (Å²) >= 11 is 6.23. The maximum Gasteiger partial charge on any atom is 0.408 e. The molecule has 4 amide bonds. The Morgan fingerprint density at radius 2 is 1.90 bits per heavy atom. The minimum atomic E-state index is -3.88. The second-order valence-corrected chi connectivity index (χ2v) is 17.3. The van der Waals surface area contributed by atoms with E-state index in [4.69, 9.17) is 21.2 Å². The van der Waals surface area contributed by atoms with Crippen molar-refractivity contribution in [2.45, 2.75) is 119 Å². The van der Waals surface area contributed by atoms with Crippen molar-refractivity contribution in [2.75, 3.05) is 6.54 Å². The number of hydrogen-bond acceptors (Lipinski definition) is 9. The molecule has 1 aromatic carbocycles. The van der Waals surface area contributed by atoms with E-state index in [2.05, 4.69) is 20.5 Å². The van der Waals surface area contributed by atoms with Crippen LogP contribution in [0.15, 0.2) is 41.6 Å². The van der Waals surface area contributed by atoms with E-state index in [-0.39, 0.29) is 25.8 Å². The standard InChI is InChI=1S/C34H44ClN5O8S/c1-32(2,3)47-31(44)36-25-13-8-6-4-5-7-11-22-17-34(22,30(43)39-49(45,46)24-14-15-24)37-28(41)27-19-33(20-40(27)29(25)42)18-26(38-48-33)21-10-9-12-23(35)16-21/h7,9-12,16,22,24-25,27H,4-6,8,13-15,17-20H2,1-3H3,(H,36,44)(H,37,41)(H,39,43)/b11-7-/t22?,25-,27-,33+,34+/m0/s1. The normalized spacial score (nSPS) is 31.2. The van der Waals surface area contributed by atoms with Gasteiger partial charge >= 0.3 is 6.09 Å². The van der Waals surface area contributed by atoms with Crippen molar-refractivity contribution >= 4 is 51.2 Å². The molecule has 3 N–H and O–H groups in total. The SMILES string of the molecule is CC(C)(C)OC(=O)N[C@H]1CCCCC/C=C\C2C[C@@]2(C(=O)NS(=O)(=O)C2CC2)NC(=O)[C@@H]2C[C@]3(CC(c4cccc(Cl)c4)=NO3)CN2C1=O. The van der Waals surface area contributed by atoms with E-state index in [1.54, 1.807) is 39.0 Å². The third-order valence-corrected chi connectivity index (χ3v) is 11.7. The highest BCUT2D eigenvalue weighted by Gasteiger charge is 2.63. The Hall–Kier alpha value is -3.65. The Kier molecular flexibility index (Phi) is 9.50. The second kappa shape index (κ2) is 13.2. The van der Waals surface area contributed by atoms with Gasteiger partial charge in [-0.2, -0.15) is 0 Å². The first-order valence-corrected chi connectivity index (χ1v) is 18.9. The number of nitrogens with zero attached hydrogens (tertiary/aromatic N) is 2. The van der Waals surface area contributed by atoms with Crippen molar-refractivity contribution in [1.82, 2.24) is 20.3 Å². The van der Waals surface area contributed by atoms with Gasteiger partial charge in [-0.15, -0.1) is 0 Å². The maximum absolute atomic E-state index is 14.4. The van der Waals surface area contributed by atoms with Gasteiger partial charge in [0.15, 0.2) is 5.60 Å². The van der Waals surface area contributed by atoms with E-state index in [0.717, 1.165) is 18.4 Å². The van der Waals surface area contributed by atoms with Gasteiger partial charge in [0.25, 0.3) is 5.91 Å². The molecule has 1 unspecified atom stereocenters. The number of ether oxygens (including phenoxy) is 1. The van der Waals surface area contributed by atoms with Crippen molar-refractivity contribution in [3.05, 3.63) is 47.0 Å². The molecule has 2 saturated carbocycles. The van der Waals surface area contributed by atoms with Crippen LogP contribution in [0.1, 0.15) is 90.5 Å². The van der Waals surface area contributed by atoms with Crippen LogP contribution in [0.3, 0.4) is 0 Å². The summed E-state index contributed by atoms with van der Waals surface area (Å²) in [5.74, 6) is -2.31. The molecule has 15 heteroatoms. The Morgan fingerprint density at radius 1 is 1.12 bits per heavy atom. The first kappa shape index (κ1) is 35.2. The van der Waals surface area contributed by atoms with Gasteiger partial charge in [0.1, 0.15) is 23.2 Å². The summed E-state index contributed by atoms with van der Waals surface area (Å²) < 4.78 is 33.2. The van der Waals surface area contributed by atoms with Crippen molar-refractivity contribution in [2.24, 2.45) is 11.1 Å². The fourth-order valence-corrected chi connectivity index (χ4v) is 8.43. The molecule has 13 nitrogen and oxygen atoms in total. The van der Waals surface area contributed by atoms with E-state index in [0.29, 0.717) is 42.8 Å². The van der Waals surface area contributed by atoms with E-state index < -0.39 is 73.8 Å². The molecule has 6 rings (SSSR count). The van der Waals surface area contributed by atoms with Gasteiger partial charge in [-0.3, -0.25) is 19.1 Å². The lowest BCUT2D eigenvalue weighted by atomic mass is 9.91. The number of alkyl carbamates (subject to hydrolysis) is 1. The molecule has 1 saturated heterocycles. The van der Waals surface area contributed by atoms with Gasteiger partial charge in [-0.05, 0) is 71.4 Å². The van der Waals surface area contributed by atoms with Crippen LogP contribution in [-0.2, 0) is 34.0 Å². The van der Waals surface area contributed by atoms with Crippen molar-refractivity contribution in [3.8, 4) is 0 Å². The molecular weight excluding hydrogens is 674 g/mol. The molecular formula is C34H44ClN5O8S. The minimum absolute atomic E-state index is 0.0113. The fourth-order valence-electron chi connectivity index (χ4n) is 6.87. The summed E-state index contributed by atoms with van der Waals surface area (Å²) in [5, 5.41) is 9.84. The lowest BCUT2D eigenvalue weighted by Crippen LogP contribution is -2.58. The number of carbonyl (C=O) groups excluding carboxylic acids is 4. The van der Waals surface area contributed by atoms with Gasteiger partial charge < -0.3 is 25.1 Å². The van der Waals surface area contributed by atoms with Crippen LogP contribution in [-0.4, -0.2) is 83.5 Å². The number of fused-ring (bicyclic) bond motifs is 2. The predicted molar refractivity (Wildman–Crippen MR) is 181 cm³/mol. The molecule has 49 heavy (non-hydrogen) atoms. The van der Waals surface area contributed by atoms with E-state index in [1.165, 1.54) is 4.90 Å². The van der Waals surface area contributed by atoms with Crippen molar-refractivity contribution < 1.29 is 37.2 Å². The number of rotatable bonds is 5. The number of oxime groups is 1. The van der Waals surface area contributed by atoms with E-state index in [9.17, 15) is 27.6 Å². The first-order valence-electron chi connectivity index (χ1n) is 17.0. The lowest BCUT2D eigenvalue weighted by Gasteiger charge is -2.30. The van der Waals surface area contributed by atoms with Gasteiger partial charge in [0.05, 0.1) is 17.5 Å². The summed E-state index contributed by atoms with van der Waals surface area (Å²) in [5.41, 5.74) is -2.00. The molecule has 1 spiro atoms. The van der Waals surface area contributed by atoms with Crippen LogP contribution < -0.4 is 15.4 Å². The zero-order chi connectivity index (χ0) is 35.2. The third-order valence-electron chi connectivity index (χ3n) is 9.67. The Labute approximate surface area is 291 Å². The first-order chi connectivity index (χ1) is 23.1. The zero-order valence-corrected chi connectivity index (χ0v) is 29.6. The molecule has 3 aliphatic heterocycles. The lowest BCUT2D eigenvalue weighted by molar-refractivity contribution is -0.141. The Balaban J connectivity index is 1.30. The molecule has 0 bridgehead atoms. The number of allylic oxidation sites excluding steroid dienone is 1. The average molecular weight is 718 g/mol. The Bertz CT molecular complexity index is 1690. The summed E-state index contributed by atoms with van der Waals surface area (Å²) in [6.45, 7) is 5.17. The summed E-state index contributed by atoms with van der Waals surface area (Å²) in [6, 6.07) is 5.04. The number of sulfonamides is 1. The molecule has 2 aliphatic carbocycles. The number of hydrogen-bond donors (Lipinski definition) is 3. The smallest absolute Gasteiger partial charge is 0.408 e. The van der Waals surface area contributed by atoms with Crippen LogP contribution in [0.4, 0.5) is 4.79 Å². The fraction of sp³-hybridized carbons (Fsp3) is 0.618. The molecule has 3 fully saturated rings. The van der Waals surface area contributed by atoms with Crippen molar-refractivity contribution in [1.29, 1.82) is 0 Å². The monoisotopic (exact) mass is 717 g/mol. The number of benzene rings is 1. The molecule has 5 aliphatic rings. The van der Waals surface area contributed by atoms with Gasteiger partial charge in [0.2, 0.25) is 21.8 Å². The maximum atomic E-state index is 14.4. The van der Waals surface area contributed by atoms with E-state index in [1.807, 2.05) is 18.2 Å². The average Bonchev–Trinajstić information content (AvgIpc) is 3.92. The highest BCUT2D eigenvalue weighted by molar-refractivity contribution is 7.91. The number of halogens is 1. The minimum Gasteiger partial charge on any atom is -0.444 e. The van der Waals surface area contributed by atoms with Gasteiger partial charge in [-0.1, -0.05) is 53.9 Å². The highest BCUT2D eigenvalue weighted by atomic mass is 35.5. The van der Waals surface area contributed by atoms with Crippen LogP contribution in [0.25, 0.3) is 0 Å². The van der Waals surface area contributed by atoms with Crippen molar-refractivity contribution in [3.63, 3.8) is 0 Å². The van der Waals surface area contributed by atoms with Gasteiger partial charge in [0, 0.05) is 29.3 Å². The largest absolute Gasteiger partial charge is 0.444 e. The number of carbonyl (C=O) groups is 4. The molecule has 3 heterocycles. The summed E-state index contributed by atoms with van der Waals surface area (Å²) in [4.78, 5) is 62.7. The number of amides is 4. The van der Waals surface area contributed by atoms with Crippen LogP contribution >= 0.6 is 11.6 Å². The predicted octanol–water partition coefficient (Wildman–Crippen LogP) is 3.70. The third kappa shape index (κ3) is 7.90. The Morgan fingerprint density at radius 3 is 2.61 bits per heavy atom. The van der Waals surface area contributed by atoms with Crippen LogP contribution in [0.5, 0.6) is 0 Å². The summed E-state index contributed by atoms with van der Waals surface area (Å²) in [6.07, 6.45) is 7.77. The van der Waals surface area contributed by atoms with Crippen LogP contribution in [0.2, 0.25) is 5.02 Å². The molecule has 5 atom stereocenters. The topological polar surface area (TPSA) is 173 Å². The molecule has 0 radical (unpaired) electrons. The molecule has 266 valence electrons. The number of nitrogens with one attached hydrogen (secondary N) is 3. The molecule has 1 aromatic rings. The highest BCUT2D eigenvalue weighted by Crippen LogP contribution is 2.47. The quantitative estimate of drug-likeness (QED) is 0.387. The zero-order valence-electron chi connectivity index (χ0n) is 28.0. The summed E-state index contributed by atoms with van der Waals surface area (Å²) in [7, 11) is -3.88.